The highest BCUT2D eigenvalue weighted by molar-refractivity contribution is 5.69. The highest BCUT2D eigenvalue weighted by Crippen LogP contribution is 2.28. The third-order valence-corrected chi connectivity index (χ3v) is 6.29. The van der Waals surface area contributed by atoms with E-state index in [0.29, 0.717) is 85.6 Å². The zero-order valence-corrected chi connectivity index (χ0v) is 26.6. The molecule has 0 amide bonds. The second kappa shape index (κ2) is 28.5. The van der Waals surface area contributed by atoms with E-state index in [4.69, 9.17) is 33.2 Å². The van der Waals surface area contributed by atoms with Crippen molar-refractivity contribution >= 4 is 23.0 Å². The molecule has 0 atom stereocenters. The standard InChI is InChI=1S/C30H51N3O12/c1-2-3-4-5-6-7-8-9-30(34)45-25-24-44-23-22-43-21-20-42-19-18-41-17-16-40-15-14-39-13-12-31-28-11-10-27(32(35)36)26-29(28)33(37)38/h10-11,26,31H,2-9,12-25H2,1H3. The number of benzene rings is 1. The Hall–Kier alpha value is -2.95. The van der Waals surface area contributed by atoms with Crippen LogP contribution in [-0.2, 0) is 38.0 Å². The predicted octanol–water partition coefficient (Wildman–Crippen LogP) is 4.70. The number of carbonyl (C=O) groups is 1. The van der Waals surface area contributed by atoms with Crippen LogP contribution in [0.1, 0.15) is 58.3 Å². The summed E-state index contributed by atoms with van der Waals surface area (Å²) in [5.74, 6) is -0.161. The molecule has 0 saturated carbocycles. The molecule has 0 aliphatic carbocycles. The van der Waals surface area contributed by atoms with Crippen LogP contribution in [-0.4, -0.2) is 108 Å². The lowest BCUT2D eigenvalue weighted by Crippen LogP contribution is -2.16. The van der Waals surface area contributed by atoms with Crippen LogP contribution < -0.4 is 5.32 Å². The monoisotopic (exact) mass is 645 g/mol. The van der Waals surface area contributed by atoms with E-state index in [1.807, 2.05) is 0 Å². The van der Waals surface area contributed by atoms with Crippen LogP contribution in [0.2, 0.25) is 0 Å². The Morgan fingerprint density at radius 3 is 1.60 bits per heavy atom. The molecule has 0 radical (unpaired) electrons. The molecule has 1 rings (SSSR count). The maximum atomic E-state index is 11.7. The SMILES string of the molecule is CCCCCCCCCC(=O)OCCOCCOCCOCCOCCOCCOCCNc1ccc([N+](=O)[O-])cc1[N+](=O)[O-]. The Balaban J connectivity index is 1.79. The van der Waals surface area contributed by atoms with Gasteiger partial charge < -0.3 is 38.5 Å². The maximum absolute atomic E-state index is 11.7. The zero-order chi connectivity index (χ0) is 32.8. The molecule has 1 aromatic rings. The van der Waals surface area contributed by atoms with Gasteiger partial charge in [0.15, 0.2) is 0 Å². The number of anilines is 1. The molecular formula is C30H51N3O12. The number of hydrogen-bond acceptors (Lipinski definition) is 13. The van der Waals surface area contributed by atoms with Crippen molar-refractivity contribution in [1.29, 1.82) is 0 Å². The first kappa shape index (κ1) is 40.1. The summed E-state index contributed by atoms with van der Waals surface area (Å²) in [4.78, 5) is 32.3. The Kier molecular flexibility index (Phi) is 25.4. The summed E-state index contributed by atoms with van der Waals surface area (Å²) in [6, 6.07) is 3.43. The van der Waals surface area contributed by atoms with Gasteiger partial charge in [-0.2, -0.15) is 0 Å². The topological polar surface area (TPSA) is 180 Å². The minimum atomic E-state index is -0.682. The minimum Gasteiger partial charge on any atom is -0.463 e. The van der Waals surface area contributed by atoms with Gasteiger partial charge in [-0.3, -0.25) is 25.0 Å². The molecule has 0 aliphatic heterocycles. The van der Waals surface area contributed by atoms with Gasteiger partial charge in [-0.05, 0) is 12.5 Å². The average molecular weight is 646 g/mol. The Morgan fingerprint density at radius 1 is 0.644 bits per heavy atom. The molecule has 0 unspecified atom stereocenters. The number of rotatable bonds is 32. The van der Waals surface area contributed by atoms with Gasteiger partial charge in [0.05, 0.1) is 95.2 Å². The molecule has 0 spiro atoms. The number of non-ortho nitro benzene ring substituents is 1. The summed E-state index contributed by atoms with van der Waals surface area (Å²) >= 11 is 0. The fraction of sp³-hybridized carbons (Fsp3) is 0.767. The van der Waals surface area contributed by atoms with E-state index < -0.39 is 9.85 Å². The predicted molar refractivity (Wildman–Crippen MR) is 167 cm³/mol. The smallest absolute Gasteiger partial charge is 0.305 e. The summed E-state index contributed by atoms with van der Waals surface area (Å²) in [5, 5.41) is 24.8. The van der Waals surface area contributed by atoms with E-state index in [9.17, 15) is 25.0 Å². The number of esters is 1. The van der Waals surface area contributed by atoms with Crippen LogP contribution in [0.3, 0.4) is 0 Å². The molecule has 0 bridgehead atoms. The quantitative estimate of drug-likeness (QED) is 0.0493. The summed E-state index contributed by atoms with van der Waals surface area (Å²) in [5.41, 5.74) is -0.526. The number of nitro groups is 2. The number of nitrogens with one attached hydrogen (secondary N) is 1. The highest BCUT2D eigenvalue weighted by Gasteiger charge is 2.19. The van der Waals surface area contributed by atoms with E-state index in [1.54, 1.807) is 0 Å². The van der Waals surface area contributed by atoms with Crippen molar-refractivity contribution < 1.29 is 47.8 Å². The third kappa shape index (κ3) is 23.1. The van der Waals surface area contributed by atoms with E-state index in [-0.39, 0.29) is 36.2 Å². The molecule has 0 fully saturated rings. The van der Waals surface area contributed by atoms with Gasteiger partial charge >= 0.3 is 5.97 Å². The third-order valence-electron chi connectivity index (χ3n) is 6.29. The van der Waals surface area contributed by atoms with E-state index >= 15 is 0 Å². The Bertz CT molecular complexity index is 922. The summed E-state index contributed by atoms with van der Waals surface area (Å²) in [6.45, 7) is 7.52. The van der Waals surface area contributed by atoms with Crippen LogP contribution in [0, 0.1) is 20.2 Å². The number of hydrogen-bond donors (Lipinski definition) is 1. The largest absolute Gasteiger partial charge is 0.463 e. The second-order valence-electron chi connectivity index (χ2n) is 9.91. The van der Waals surface area contributed by atoms with Crippen molar-refractivity contribution in [2.45, 2.75) is 58.3 Å². The van der Waals surface area contributed by atoms with Gasteiger partial charge in [-0.1, -0.05) is 45.4 Å². The second-order valence-corrected chi connectivity index (χ2v) is 9.91. The highest BCUT2D eigenvalue weighted by atomic mass is 16.6. The normalized spacial score (nSPS) is 11.0. The molecule has 0 saturated heterocycles. The molecule has 15 nitrogen and oxygen atoms in total. The van der Waals surface area contributed by atoms with Crippen molar-refractivity contribution in [3.8, 4) is 0 Å². The molecule has 1 aromatic carbocycles. The van der Waals surface area contributed by atoms with Crippen molar-refractivity contribution in [3.63, 3.8) is 0 Å². The summed E-state index contributed by atoms with van der Waals surface area (Å²) in [7, 11) is 0. The number of carbonyl (C=O) groups excluding carboxylic acids is 1. The lowest BCUT2D eigenvalue weighted by Gasteiger charge is -2.09. The van der Waals surface area contributed by atoms with Crippen LogP contribution in [0.15, 0.2) is 18.2 Å². The number of nitrogens with zero attached hydrogens (tertiary/aromatic N) is 2. The number of ether oxygens (including phenoxy) is 7. The van der Waals surface area contributed by atoms with Gasteiger partial charge in [-0.15, -0.1) is 0 Å². The van der Waals surface area contributed by atoms with Gasteiger partial charge in [0, 0.05) is 19.0 Å². The molecule has 0 heterocycles. The zero-order valence-electron chi connectivity index (χ0n) is 26.6. The van der Waals surface area contributed by atoms with Crippen molar-refractivity contribution in [1.82, 2.24) is 0 Å². The first-order valence-corrected chi connectivity index (χ1v) is 15.7. The van der Waals surface area contributed by atoms with Gasteiger partial charge in [-0.25, -0.2) is 0 Å². The van der Waals surface area contributed by atoms with Gasteiger partial charge in [0.2, 0.25) is 0 Å². The number of nitro benzene ring substituents is 2. The van der Waals surface area contributed by atoms with E-state index in [2.05, 4.69) is 12.2 Å². The molecule has 0 aliphatic rings. The average Bonchev–Trinajstić information content (AvgIpc) is 3.02. The fourth-order valence-electron chi connectivity index (χ4n) is 3.91. The summed E-state index contributed by atoms with van der Waals surface area (Å²) in [6.07, 6.45) is 8.67. The van der Waals surface area contributed by atoms with Gasteiger partial charge in [0.1, 0.15) is 12.3 Å². The summed E-state index contributed by atoms with van der Waals surface area (Å²) < 4.78 is 37.7. The van der Waals surface area contributed by atoms with Crippen molar-refractivity contribution in [2.75, 3.05) is 97.8 Å². The maximum Gasteiger partial charge on any atom is 0.305 e. The lowest BCUT2D eigenvalue weighted by molar-refractivity contribution is -0.393. The van der Waals surface area contributed by atoms with E-state index in [0.717, 1.165) is 18.9 Å². The van der Waals surface area contributed by atoms with Crippen molar-refractivity contribution in [2.24, 2.45) is 0 Å². The fourth-order valence-corrected chi connectivity index (χ4v) is 3.91. The molecule has 0 aromatic heterocycles. The first-order chi connectivity index (χ1) is 22.0. The van der Waals surface area contributed by atoms with Gasteiger partial charge in [0.25, 0.3) is 11.4 Å². The molecular weight excluding hydrogens is 594 g/mol. The van der Waals surface area contributed by atoms with Crippen LogP contribution >= 0.6 is 0 Å². The minimum absolute atomic E-state index is 0.161. The Labute approximate surface area is 265 Å². The molecule has 15 heteroatoms. The Morgan fingerprint density at radius 2 is 1.11 bits per heavy atom. The van der Waals surface area contributed by atoms with E-state index in [1.165, 1.54) is 44.2 Å². The lowest BCUT2D eigenvalue weighted by atomic mass is 10.1. The van der Waals surface area contributed by atoms with Crippen LogP contribution in [0.25, 0.3) is 0 Å². The van der Waals surface area contributed by atoms with Crippen LogP contribution in [0.5, 0.6) is 0 Å². The molecule has 258 valence electrons. The molecule has 45 heavy (non-hydrogen) atoms. The first-order valence-electron chi connectivity index (χ1n) is 15.7. The number of unbranched alkanes of at least 4 members (excludes halogenated alkanes) is 6. The molecule has 1 N–H and O–H groups in total. The van der Waals surface area contributed by atoms with Crippen LogP contribution in [0.4, 0.5) is 17.1 Å². The van der Waals surface area contributed by atoms with Crippen molar-refractivity contribution in [3.05, 3.63) is 38.4 Å².